The predicted octanol–water partition coefficient (Wildman–Crippen LogP) is 3.78. The predicted molar refractivity (Wildman–Crippen MR) is 97.9 cm³/mol. The lowest BCUT2D eigenvalue weighted by molar-refractivity contribution is -0.135. The SMILES string of the molecule is CCc1cccc(C)c1NC(=O)C1CCN(C(=O)CC(C)C)CC1. The first-order chi connectivity index (χ1) is 11.4. The maximum atomic E-state index is 12.6. The highest BCUT2D eigenvalue weighted by molar-refractivity contribution is 5.94. The summed E-state index contributed by atoms with van der Waals surface area (Å²) in [6, 6.07) is 6.13. The van der Waals surface area contributed by atoms with E-state index in [0.29, 0.717) is 25.4 Å². The summed E-state index contributed by atoms with van der Waals surface area (Å²) in [7, 11) is 0. The van der Waals surface area contributed by atoms with E-state index in [2.05, 4.69) is 32.2 Å². The minimum Gasteiger partial charge on any atom is -0.343 e. The zero-order chi connectivity index (χ0) is 17.7. The van der Waals surface area contributed by atoms with Crippen LogP contribution in [0.4, 0.5) is 5.69 Å². The third-order valence-electron chi connectivity index (χ3n) is 4.79. The molecule has 0 bridgehead atoms. The standard InChI is InChI=1S/C20H30N2O2/c1-5-16-8-6-7-15(4)19(16)21-20(24)17-9-11-22(12-10-17)18(23)13-14(2)3/h6-8,14,17H,5,9-13H2,1-4H3,(H,21,24). The fourth-order valence-corrected chi connectivity index (χ4v) is 3.30. The zero-order valence-corrected chi connectivity index (χ0v) is 15.4. The highest BCUT2D eigenvalue weighted by atomic mass is 16.2. The Labute approximate surface area is 145 Å². The summed E-state index contributed by atoms with van der Waals surface area (Å²) in [6.45, 7) is 9.64. The van der Waals surface area contributed by atoms with Crippen LogP contribution >= 0.6 is 0 Å². The van der Waals surface area contributed by atoms with E-state index in [1.807, 2.05) is 24.0 Å². The lowest BCUT2D eigenvalue weighted by atomic mass is 9.94. The second-order valence-electron chi connectivity index (χ2n) is 7.20. The molecule has 0 unspecified atom stereocenters. The molecule has 1 saturated heterocycles. The molecule has 0 spiro atoms. The molecule has 0 aliphatic carbocycles. The van der Waals surface area contributed by atoms with Crippen molar-refractivity contribution in [1.29, 1.82) is 0 Å². The second kappa shape index (κ2) is 8.32. The van der Waals surface area contributed by atoms with Crippen LogP contribution in [0.15, 0.2) is 18.2 Å². The van der Waals surface area contributed by atoms with E-state index in [4.69, 9.17) is 0 Å². The Hall–Kier alpha value is -1.84. The molecule has 4 nitrogen and oxygen atoms in total. The number of likely N-dealkylation sites (tertiary alicyclic amines) is 1. The van der Waals surface area contributed by atoms with Gasteiger partial charge in [0.25, 0.3) is 0 Å². The molecule has 1 heterocycles. The average molecular weight is 330 g/mol. The van der Waals surface area contributed by atoms with Crippen LogP contribution in [0.3, 0.4) is 0 Å². The van der Waals surface area contributed by atoms with Crippen molar-refractivity contribution in [1.82, 2.24) is 4.90 Å². The molecule has 0 radical (unpaired) electrons. The Morgan fingerprint density at radius 1 is 1.25 bits per heavy atom. The lowest BCUT2D eigenvalue weighted by Gasteiger charge is -2.32. The summed E-state index contributed by atoms with van der Waals surface area (Å²) in [5.41, 5.74) is 3.24. The number of amides is 2. The second-order valence-corrected chi connectivity index (χ2v) is 7.20. The van der Waals surface area contributed by atoms with E-state index < -0.39 is 0 Å². The van der Waals surface area contributed by atoms with Crippen LogP contribution in [0.1, 0.15) is 51.2 Å². The normalized spacial score (nSPS) is 15.6. The maximum Gasteiger partial charge on any atom is 0.227 e. The molecule has 132 valence electrons. The van der Waals surface area contributed by atoms with Crippen molar-refractivity contribution in [3.05, 3.63) is 29.3 Å². The molecule has 1 fully saturated rings. The Bertz CT molecular complexity index is 587. The fourth-order valence-electron chi connectivity index (χ4n) is 3.30. The average Bonchev–Trinajstić information content (AvgIpc) is 2.56. The number of hydrogen-bond donors (Lipinski definition) is 1. The summed E-state index contributed by atoms with van der Waals surface area (Å²) in [4.78, 5) is 26.7. The van der Waals surface area contributed by atoms with Crippen molar-refractivity contribution >= 4 is 17.5 Å². The maximum absolute atomic E-state index is 12.6. The number of hydrogen-bond acceptors (Lipinski definition) is 2. The Kier molecular flexibility index (Phi) is 6.41. The van der Waals surface area contributed by atoms with Crippen molar-refractivity contribution in [2.75, 3.05) is 18.4 Å². The smallest absolute Gasteiger partial charge is 0.227 e. The molecule has 0 saturated carbocycles. The molecule has 4 heteroatoms. The van der Waals surface area contributed by atoms with E-state index in [-0.39, 0.29) is 17.7 Å². The van der Waals surface area contributed by atoms with Gasteiger partial charge in [0.05, 0.1) is 0 Å². The van der Waals surface area contributed by atoms with Crippen molar-refractivity contribution in [3.63, 3.8) is 0 Å². The number of carbonyl (C=O) groups is 2. The van der Waals surface area contributed by atoms with Gasteiger partial charge in [0.1, 0.15) is 0 Å². The fraction of sp³-hybridized carbons (Fsp3) is 0.600. The first-order valence-electron chi connectivity index (χ1n) is 9.09. The van der Waals surface area contributed by atoms with Gasteiger partial charge in [-0.1, -0.05) is 39.0 Å². The first kappa shape index (κ1) is 18.5. The van der Waals surface area contributed by atoms with Crippen molar-refractivity contribution in [2.45, 2.75) is 53.4 Å². The molecule has 0 aromatic heterocycles. The van der Waals surface area contributed by atoms with Gasteiger partial charge in [-0.15, -0.1) is 0 Å². The van der Waals surface area contributed by atoms with Gasteiger partial charge >= 0.3 is 0 Å². The minimum atomic E-state index is -0.00240. The van der Waals surface area contributed by atoms with Crippen molar-refractivity contribution in [2.24, 2.45) is 11.8 Å². The van der Waals surface area contributed by atoms with Crippen molar-refractivity contribution in [3.8, 4) is 0 Å². The molecule has 1 N–H and O–H groups in total. The van der Waals surface area contributed by atoms with Gasteiger partial charge in [0, 0.05) is 31.1 Å². The highest BCUT2D eigenvalue weighted by Crippen LogP contribution is 2.25. The largest absolute Gasteiger partial charge is 0.343 e. The molecule has 1 aliphatic heterocycles. The molecule has 1 aromatic carbocycles. The van der Waals surface area contributed by atoms with Crippen LogP contribution in [0, 0.1) is 18.8 Å². The third-order valence-corrected chi connectivity index (χ3v) is 4.79. The number of rotatable bonds is 5. The molecule has 0 atom stereocenters. The molecule has 24 heavy (non-hydrogen) atoms. The van der Waals surface area contributed by atoms with Crippen LogP contribution < -0.4 is 5.32 Å². The van der Waals surface area contributed by atoms with E-state index in [9.17, 15) is 9.59 Å². The molecular formula is C20H30N2O2. The topological polar surface area (TPSA) is 49.4 Å². The quantitative estimate of drug-likeness (QED) is 0.893. The van der Waals surface area contributed by atoms with Crippen molar-refractivity contribution < 1.29 is 9.59 Å². The number of carbonyl (C=O) groups excluding carboxylic acids is 2. The summed E-state index contributed by atoms with van der Waals surface area (Å²) < 4.78 is 0. The zero-order valence-electron chi connectivity index (χ0n) is 15.4. The number of aryl methyl sites for hydroxylation is 2. The van der Waals surface area contributed by atoms with Gasteiger partial charge in [0.2, 0.25) is 11.8 Å². The van der Waals surface area contributed by atoms with E-state index in [0.717, 1.165) is 30.5 Å². The van der Waals surface area contributed by atoms with E-state index in [1.165, 1.54) is 5.56 Å². The number of para-hydroxylation sites is 1. The minimum absolute atomic E-state index is 0.00240. The lowest BCUT2D eigenvalue weighted by Crippen LogP contribution is -2.41. The number of anilines is 1. The third kappa shape index (κ3) is 4.59. The summed E-state index contributed by atoms with van der Waals surface area (Å²) in [5.74, 6) is 0.690. The number of benzene rings is 1. The van der Waals surface area contributed by atoms with Crippen LogP contribution in [0.5, 0.6) is 0 Å². The Morgan fingerprint density at radius 2 is 1.92 bits per heavy atom. The Balaban J connectivity index is 1.93. The Morgan fingerprint density at radius 3 is 2.50 bits per heavy atom. The summed E-state index contributed by atoms with van der Waals surface area (Å²) >= 11 is 0. The molecule has 1 aliphatic rings. The van der Waals surface area contributed by atoms with Gasteiger partial charge in [-0.25, -0.2) is 0 Å². The van der Waals surface area contributed by atoms with Gasteiger partial charge in [-0.2, -0.15) is 0 Å². The van der Waals surface area contributed by atoms with Crippen LogP contribution in [-0.2, 0) is 16.0 Å². The van der Waals surface area contributed by atoms with E-state index >= 15 is 0 Å². The molecule has 2 amide bonds. The highest BCUT2D eigenvalue weighted by Gasteiger charge is 2.27. The van der Waals surface area contributed by atoms with Crippen LogP contribution in [0.2, 0.25) is 0 Å². The summed E-state index contributed by atoms with van der Waals surface area (Å²) in [5, 5.41) is 3.13. The van der Waals surface area contributed by atoms with Crippen LogP contribution in [-0.4, -0.2) is 29.8 Å². The number of nitrogens with zero attached hydrogens (tertiary/aromatic N) is 1. The van der Waals surface area contributed by atoms with Crippen LogP contribution in [0.25, 0.3) is 0 Å². The summed E-state index contributed by atoms with van der Waals surface area (Å²) in [6.07, 6.45) is 3.01. The number of piperidine rings is 1. The van der Waals surface area contributed by atoms with E-state index in [1.54, 1.807) is 0 Å². The molecule has 1 aromatic rings. The number of nitrogens with one attached hydrogen (secondary N) is 1. The van der Waals surface area contributed by atoms with Gasteiger partial charge in [0.15, 0.2) is 0 Å². The van der Waals surface area contributed by atoms with Gasteiger partial charge in [-0.05, 0) is 43.2 Å². The van der Waals surface area contributed by atoms with Gasteiger partial charge < -0.3 is 10.2 Å². The monoisotopic (exact) mass is 330 g/mol. The first-order valence-corrected chi connectivity index (χ1v) is 9.09. The molecular weight excluding hydrogens is 300 g/mol. The molecule has 2 rings (SSSR count). The van der Waals surface area contributed by atoms with Gasteiger partial charge in [-0.3, -0.25) is 9.59 Å².